The van der Waals surface area contributed by atoms with E-state index in [1.807, 2.05) is 6.07 Å². The van der Waals surface area contributed by atoms with E-state index in [2.05, 4.69) is 36.6 Å². The molecule has 3 aromatic rings. The molecule has 0 aliphatic rings. The van der Waals surface area contributed by atoms with Crippen LogP contribution in [0.25, 0.3) is 5.65 Å². The van der Waals surface area contributed by atoms with Gasteiger partial charge in [0.1, 0.15) is 11.6 Å². The van der Waals surface area contributed by atoms with Gasteiger partial charge in [-0.05, 0) is 40.2 Å². The summed E-state index contributed by atoms with van der Waals surface area (Å²) in [5, 5.41) is 10.5. The number of halogens is 1. The van der Waals surface area contributed by atoms with Gasteiger partial charge < -0.3 is 10.6 Å². The maximum Gasteiger partial charge on any atom is 0.175 e. The van der Waals surface area contributed by atoms with E-state index in [1.165, 1.54) is 6.26 Å². The highest BCUT2D eigenvalue weighted by atomic mass is 79.9. The average molecular weight is 396 g/mol. The van der Waals surface area contributed by atoms with Crippen molar-refractivity contribution in [2.24, 2.45) is 0 Å². The molecule has 1 aromatic carbocycles. The number of hydrogen-bond acceptors (Lipinski definition) is 6. The molecule has 9 heteroatoms. The molecule has 0 amide bonds. The first-order chi connectivity index (χ1) is 10.9. The lowest BCUT2D eigenvalue weighted by molar-refractivity contribution is 0.602. The molecule has 2 heterocycles. The molecule has 23 heavy (non-hydrogen) atoms. The Balaban J connectivity index is 2.01. The average Bonchev–Trinajstić information content (AvgIpc) is 2.88. The Morgan fingerprint density at radius 1 is 1.22 bits per heavy atom. The van der Waals surface area contributed by atoms with Crippen molar-refractivity contribution in [1.82, 2.24) is 14.6 Å². The van der Waals surface area contributed by atoms with Crippen LogP contribution in [0, 0.1) is 0 Å². The molecule has 0 atom stereocenters. The minimum atomic E-state index is -3.21. The Hall–Kier alpha value is -2.13. The molecule has 0 saturated carbocycles. The quantitative estimate of drug-likeness (QED) is 0.705. The number of aromatic nitrogens is 3. The lowest BCUT2D eigenvalue weighted by Crippen LogP contribution is -2.04. The fourth-order valence-electron chi connectivity index (χ4n) is 2.09. The molecule has 3 rings (SSSR count). The number of benzene rings is 1. The van der Waals surface area contributed by atoms with Gasteiger partial charge in [0.05, 0.1) is 15.6 Å². The van der Waals surface area contributed by atoms with Crippen LogP contribution in [0.1, 0.15) is 0 Å². The highest BCUT2D eigenvalue weighted by molar-refractivity contribution is 9.10. The van der Waals surface area contributed by atoms with Crippen molar-refractivity contribution in [2.75, 3.05) is 23.9 Å². The van der Waals surface area contributed by atoms with E-state index < -0.39 is 9.84 Å². The molecule has 2 N–H and O–H groups in total. The Morgan fingerprint density at radius 2 is 1.91 bits per heavy atom. The van der Waals surface area contributed by atoms with Crippen LogP contribution >= 0.6 is 15.9 Å². The molecule has 7 nitrogen and oxygen atoms in total. The molecular formula is C14H14BrN5O2S. The smallest absolute Gasteiger partial charge is 0.175 e. The van der Waals surface area contributed by atoms with Gasteiger partial charge in [0, 0.05) is 25.1 Å². The summed E-state index contributed by atoms with van der Waals surface area (Å²) in [5.74, 6) is 1.39. The van der Waals surface area contributed by atoms with Gasteiger partial charge in [-0.1, -0.05) is 0 Å². The fourth-order valence-corrected chi connectivity index (χ4v) is 3.07. The van der Waals surface area contributed by atoms with Crippen molar-refractivity contribution in [1.29, 1.82) is 0 Å². The monoisotopic (exact) mass is 395 g/mol. The number of rotatable bonds is 4. The molecule has 0 saturated heterocycles. The molecule has 120 valence electrons. The first kappa shape index (κ1) is 15.8. The summed E-state index contributed by atoms with van der Waals surface area (Å²) in [4.78, 5) is 4.70. The van der Waals surface area contributed by atoms with Crippen molar-refractivity contribution < 1.29 is 8.42 Å². The minimum Gasteiger partial charge on any atom is -0.373 e. The number of hydrogen-bond donors (Lipinski definition) is 2. The molecule has 0 bridgehead atoms. The maximum absolute atomic E-state index is 11.5. The maximum atomic E-state index is 11.5. The Bertz CT molecular complexity index is 967. The van der Waals surface area contributed by atoms with Gasteiger partial charge in [-0.2, -0.15) is 9.61 Å². The summed E-state index contributed by atoms with van der Waals surface area (Å²) in [6, 6.07) is 8.36. The van der Waals surface area contributed by atoms with Gasteiger partial charge in [-0.15, -0.1) is 0 Å². The predicted molar refractivity (Wildman–Crippen MR) is 93.1 cm³/mol. The molecule has 0 aliphatic heterocycles. The largest absolute Gasteiger partial charge is 0.373 e. The van der Waals surface area contributed by atoms with E-state index in [9.17, 15) is 8.42 Å². The first-order valence-corrected chi connectivity index (χ1v) is 9.36. The van der Waals surface area contributed by atoms with Crippen molar-refractivity contribution in [2.45, 2.75) is 4.90 Å². The van der Waals surface area contributed by atoms with Crippen LogP contribution in [0.3, 0.4) is 0 Å². The number of fused-ring (bicyclic) bond motifs is 1. The van der Waals surface area contributed by atoms with E-state index in [0.717, 1.165) is 10.2 Å². The number of nitrogens with one attached hydrogen (secondary N) is 2. The second kappa shape index (κ2) is 5.82. The van der Waals surface area contributed by atoms with Gasteiger partial charge in [-0.3, -0.25) is 0 Å². The molecule has 0 unspecified atom stereocenters. The first-order valence-electron chi connectivity index (χ1n) is 6.67. The lowest BCUT2D eigenvalue weighted by Gasteiger charge is -2.11. The van der Waals surface area contributed by atoms with E-state index in [1.54, 1.807) is 42.0 Å². The summed E-state index contributed by atoms with van der Waals surface area (Å²) in [7, 11) is -1.42. The fraction of sp³-hybridized carbons (Fsp3) is 0.143. The Labute approximate surface area is 141 Å². The van der Waals surface area contributed by atoms with Crippen molar-refractivity contribution in [3.05, 3.63) is 41.0 Å². The van der Waals surface area contributed by atoms with Crippen LogP contribution in [0.4, 0.5) is 17.3 Å². The molecular weight excluding hydrogens is 382 g/mol. The summed E-state index contributed by atoms with van der Waals surface area (Å²) >= 11 is 3.41. The zero-order chi connectivity index (χ0) is 16.6. The number of anilines is 3. The molecule has 0 spiro atoms. The third-order valence-corrected chi connectivity index (χ3v) is 4.93. The SMILES string of the molecule is CNc1cc(Nc2ccc(S(C)(=O)=O)cc2)n2ncc(Br)c2n1. The van der Waals surface area contributed by atoms with E-state index in [0.29, 0.717) is 17.3 Å². The van der Waals surface area contributed by atoms with E-state index in [-0.39, 0.29) is 4.90 Å². The standard InChI is InChI=1S/C14H14BrN5O2S/c1-16-12-7-13(20-14(19-12)11(15)8-17-20)18-9-3-5-10(6-4-9)23(2,21)22/h3-8,18H,1-2H3,(H,16,19). The third kappa shape index (κ3) is 3.15. The van der Waals surface area contributed by atoms with Gasteiger partial charge in [0.2, 0.25) is 0 Å². The lowest BCUT2D eigenvalue weighted by atomic mass is 10.3. The van der Waals surface area contributed by atoms with E-state index in [4.69, 9.17) is 0 Å². The van der Waals surface area contributed by atoms with Crippen LogP contribution in [-0.4, -0.2) is 36.3 Å². The van der Waals surface area contributed by atoms with Crippen molar-refractivity contribution >= 4 is 48.7 Å². The van der Waals surface area contributed by atoms with Gasteiger partial charge >= 0.3 is 0 Å². The minimum absolute atomic E-state index is 0.278. The topological polar surface area (TPSA) is 88.4 Å². The van der Waals surface area contributed by atoms with E-state index >= 15 is 0 Å². The number of nitrogens with zero attached hydrogens (tertiary/aromatic N) is 3. The van der Waals surface area contributed by atoms with Crippen molar-refractivity contribution in [3.8, 4) is 0 Å². The molecule has 0 fully saturated rings. The molecule has 0 aliphatic carbocycles. The highest BCUT2D eigenvalue weighted by Crippen LogP contribution is 2.25. The predicted octanol–water partition coefficient (Wildman–Crippen LogP) is 2.68. The second-order valence-corrected chi connectivity index (χ2v) is 7.80. The van der Waals surface area contributed by atoms with Crippen LogP contribution < -0.4 is 10.6 Å². The third-order valence-electron chi connectivity index (χ3n) is 3.24. The van der Waals surface area contributed by atoms with Crippen molar-refractivity contribution in [3.63, 3.8) is 0 Å². The normalized spacial score (nSPS) is 11.6. The summed E-state index contributed by atoms with van der Waals surface area (Å²) in [6.45, 7) is 0. The zero-order valence-electron chi connectivity index (χ0n) is 12.4. The van der Waals surface area contributed by atoms with Crippen LogP contribution in [0.5, 0.6) is 0 Å². The summed E-state index contributed by atoms with van der Waals surface area (Å²) in [5.41, 5.74) is 1.42. The van der Waals surface area contributed by atoms with Gasteiger partial charge in [-0.25, -0.2) is 13.4 Å². The van der Waals surface area contributed by atoms with Crippen LogP contribution in [-0.2, 0) is 9.84 Å². The van der Waals surface area contributed by atoms with Gasteiger partial charge in [0.15, 0.2) is 15.5 Å². The summed E-state index contributed by atoms with van der Waals surface area (Å²) < 4.78 is 25.5. The Kier molecular flexibility index (Phi) is 3.99. The number of sulfone groups is 1. The van der Waals surface area contributed by atoms with Crippen LogP contribution in [0.2, 0.25) is 0 Å². The Morgan fingerprint density at radius 3 is 2.52 bits per heavy atom. The molecule has 0 radical (unpaired) electrons. The highest BCUT2D eigenvalue weighted by Gasteiger charge is 2.11. The van der Waals surface area contributed by atoms with Crippen LogP contribution in [0.15, 0.2) is 45.9 Å². The molecule has 2 aromatic heterocycles. The summed E-state index contributed by atoms with van der Waals surface area (Å²) in [6.07, 6.45) is 2.85. The second-order valence-electron chi connectivity index (χ2n) is 4.93. The van der Waals surface area contributed by atoms with Gasteiger partial charge in [0.25, 0.3) is 0 Å². The zero-order valence-corrected chi connectivity index (χ0v) is 14.8.